The number of piperidine rings is 1. The number of carbonyl (C=O) groups excluding carboxylic acids is 1. The maximum absolute atomic E-state index is 13.1. The molecule has 0 aliphatic carbocycles. The summed E-state index contributed by atoms with van der Waals surface area (Å²) in [7, 11) is 1.94. The summed E-state index contributed by atoms with van der Waals surface area (Å²) in [6, 6.07) is 1.90. The highest BCUT2D eigenvalue weighted by Gasteiger charge is 2.40. The van der Waals surface area contributed by atoms with E-state index in [0.29, 0.717) is 6.61 Å². The fourth-order valence-electron chi connectivity index (χ4n) is 3.95. The van der Waals surface area contributed by atoms with Gasteiger partial charge in [-0.1, -0.05) is 0 Å². The number of hydrogen-bond acceptors (Lipinski definition) is 5. The topological polar surface area (TPSA) is 69.5 Å². The molecule has 2 aliphatic rings. The van der Waals surface area contributed by atoms with Crippen molar-refractivity contribution in [1.82, 2.24) is 19.4 Å². The van der Waals surface area contributed by atoms with Crippen LogP contribution >= 0.6 is 0 Å². The number of pyridine rings is 1. The molecule has 2 atom stereocenters. The van der Waals surface area contributed by atoms with Crippen LogP contribution in [0.25, 0.3) is 0 Å². The van der Waals surface area contributed by atoms with Crippen LogP contribution in [0.3, 0.4) is 0 Å². The summed E-state index contributed by atoms with van der Waals surface area (Å²) in [5.74, 6) is 1.75. The van der Waals surface area contributed by atoms with Crippen molar-refractivity contribution in [3.63, 3.8) is 0 Å². The van der Waals surface area contributed by atoms with Gasteiger partial charge >= 0.3 is 0 Å². The lowest BCUT2D eigenvalue weighted by molar-refractivity contribution is -0.139. The van der Waals surface area contributed by atoms with Crippen molar-refractivity contribution < 1.29 is 14.3 Å². The third-order valence-electron chi connectivity index (χ3n) is 5.54. The van der Waals surface area contributed by atoms with Crippen LogP contribution in [-0.2, 0) is 16.6 Å². The first-order chi connectivity index (χ1) is 13.1. The van der Waals surface area contributed by atoms with E-state index in [9.17, 15) is 4.79 Å². The van der Waals surface area contributed by atoms with Gasteiger partial charge < -0.3 is 18.9 Å². The molecule has 7 nitrogen and oxygen atoms in total. The van der Waals surface area contributed by atoms with Gasteiger partial charge in [-0.2, -0.15) is 0 Å². The zero-order valence-corrected chi connectivity index (χ0v) is 15.9. The molecule has 27 heavy (non-hydrogen) atoms. The first-order valence-corrected chi connectivity index (χ1v) is 9.58. The molecular formula is C20H26N4O3. The minimum atomic E-state index is -0.244. The standard InChI is InChI=1S/C20H26N4O3/c1-14-13-21-7-3-17(14)27-15-4-9-24(10-5-15)20(25)16-6-12-26-18(16)19-22-8-11-23(19)2/h3,7-8,11,13,15-16,18H,4-6,9-10,12H2,1-2H3/t16-,18-/m1/s1. The first kappa shape index (κ1) is 18.0. The number of likely N-dealkylation sites (tertiary alicyclic amines) is 1. The number of aryl methyl sites for hydroxylation is 2. The van der Waals surface area contributed by atoms with Gasteiger partial charge in [0.15, 0.2) is 0 Å². The van der Waals surface area contributed by atoms with E-state index in [0.717, 1.165) is 49.5 Å². The van der Waals surface area contributed by atoms with E-state index in [-0.39, 0.29) is 24.0 Å². The minimum absolute atomic E-state index is 0.139. The van der Waals surface area contributed by atoms with E-state index >= 15 is 0 Å². The van der Waals surface area contributed by atoms with Gasteiger partial charge in [0, 0.05) is 69.9 Å². The Hall–Kier alpha value is -2.41. The number of amides is 1. The molecule has 0 unspecified atom stereocenters. The van der Waals surface area contributed by atoms with Crippen molar-refractivity contribution in [2.24, 2.45) is 13.0 Å². The predicted molar refractivity (Wildman–Crippen MR) is 99.2 cm³/mol. The Morgan fingerprint density at radius 3 is 2.78 bits per heavy atom. The van der Waals surface area contributed by atoms with Crippen LogP contribution in [-0.4, -0.2) is 51.1 Å². The number of ether oxygens (including phenoxy) is 2. The SMILES string of the molecule is Cc1cnccc1OC1CCN(C(=O)[C@@H]2CCO[C@H]2c2nccn2C)CC1. The summed E-state index contributed by atoms with van der Waals surface area (Å²) < 4.78 is 13.9. The van der Waals surface area contributed by atoms with Crippen molar-refractivity contribution in [2.45, 2.75) is 38.4 Å². The summed E-state index contributed by atoms with van der Waals surface area (Å²) in [5, 5.41) is 0. The molecule has 2 aromatic heterocycles. The summed E-state index contributed by atoms with van der Waals surface area (Å²) in [4.78, 5) is 23.5. The minimum Gasteiger partial charge on any atom is -0.490 e. The molecular weight excluding hydrogens is 344 g/mol. The fourth-order valence-corrected chi connectivity index (χ4v) is 3.95. The third-order valence-corrected chi connectivity index (χ3v) is 5.54. The molecule has 0 spiro atoms. The maximum Gasteiger partial charge on any atom is 0.228 e. The average molecular weight is 370 g/mol. The molecule has 7 heteroatoms. The Kier molecular flexibility index (Phi) is 5.11. The second kappa shape index (κ2) is 7.68. The molecule has 2 aliphatic heterocycles. The van der Waals surface area contributed by atoms with Crippen LogP contribution < -0.4 is 4.74 Å². The van der Waals surface area contributed by atoms with Gasteiger partial charge in [0.05, 0.1) is 5.92 Å². The molecule has 2 fully saturated rings. The molecule has 2 aromatic rings. The van der Waals surface area contributed by atoms with Gasteiger partial charge in [0.1, 0.15) is 23.8 Å². The fraction of sp³-hybridized carbons (Fsp3) is 0.550. The number of aromatic nitrogens is 3. The van der Waals surface area contributed by atoms with Crippen LogP contribution in [0.4, 0.5) is 0 Å². The summed E-state index contributed by atoms with van der Waals surface area (Å²) in [6.07, 6.45) is 9.53. The van der Waals surface area contributed by atoms with Crippen molar-refractivity contribution in [3.8, 4) is 5.75 Å². The third kappa shape index (κ3) is 3.69. The van der Waals surface area contributed by atoms with Crippen molar-refractivity contribution in [2.75, 3.05) is 19.7 Å². The van der Waals surface area contributed by atoms with Gasteiger partial charge in [-0.05, 0) is 19.4 Å². The highest BCUT2D eigenvalue weighted by atomic mass is 16.5. The summed E-state index contributed by atoms with van der Waals surface area (Å²) in [5.41, 5.74) is 1.04. The van der Waals surface area contributed by atoms with E-state index in [1.54, 1.807) is 12.4 Å². The zero-order chi connectivity index (χ0) is 18.8. The molecule has 0 radical (unpaired) electrons. The van der Waals surface area contributed by atoms with E-state index < -0.39 is 0 Å². The molecule has 0 saturated carbocycles. The molecule has 4 heterocycles. The number of rotatable bonds is 4. The summed E-state index contributed by atoms with van der Waals surface area (Å²) >= 11 is 0. The first-order valence-electron chi connectivity index (χ1n) is 9.58. The second-order valence-corrected chi connectivity index (χ2v) is 7.37. The highest BCUT2D eigenvalue weighted by molar-refractivity contribution is 5.80. The monoisotopic (exact) mass is 370 g/mol. The van der Waals surface area contributed by atoms with Gasteiger partial charge in [-0.25, -0.2) is 4.98 Å². The molecule has 0 bridgehead atoms. The van der Waals surface area contributed by atoms with Gasteiger partial charge in [-0.15, -0.1) is 0 Å². The lowest BCUT2D eigenvalue weighted by Gasteiger charge is -2.34. The van der Waals surface area contributed by atoms with Crippen LogP contribution in [0.1, 0.15) is 36.8 Å². The van der Waals surface area contributed by atoms with E-state index in [1.807, 2.05) is 41.9 Å². The molecule has 2 saturated heterocycles. The van der Waals surface area contributed by atoms with E-state index in [1.165, 1.54) is 0 Å². The predicted octanol–water partition coefficient (Wildman–Crippen LogP) is 2.27. The number of hydrogen-bond donors (Lipinski definition) is 0. The van der Waals surface area contributed by atoms with E-state index in [2.05, 4.69) is 9.97 Å². The van der Waals surface area contributed by atoms with E-state index in [4.69, 9.17) is 9.47 Å². The van der Waals surface area contributed by atoms with Crippen LogP contribution in [0.5, 0.6) is 5.75 Å². The molecule has 0 N–H and O–H groups in total. The molecule has 0 aromatic carbocycles. The van der Waals surface area contributed by atoms with Crippen LogP contribution in [0, 0.1) is 12.8 Å². The Labute approximate surface area is 159 Å². The number of carbonyl (C=O) groups is 1. The molecule has 4 rings (SSSR count). The quantitative estimate of drug-likeness (QED) is 0.826. The maximum atomic E-state index is 13.1. The Morgan fingerprint density at radius 2 is 2.07 bits per heavy atom. The normalized spacial score (nSPS) is 23.6. The lowest BCUT2D eigenvalue weighted by Crippen LogP contribution is -2.45. The number of nitrogens with zero attached hydrogens (tertiary/aromatic N) is 4. The Bertz CT molecular complexity index is 798. The smallest absolute Gasteiger partial charge is 0.228 e. The molecule has 1 amide bonds. The van der Waals surface area contributed by atoms with Gasteiger partial charge in [0.25, 0.3) is 0 Å². The zero-order valence-electron chi connectivity index (χ0n) is 15.9. The number of imidazole rings is 1. The second-order valence-electron chi connectivity index (χ2n) is 7.37. The average Bonchev–Trinajstić information content (AvgIpc) is 3.32. The lowest BCUT2D eigenvalue weighted by atomic mass is 9.97. The van der Waals surface area contributed by atoms with Gasteiger partial charge in [-0.3, -0.25) is 9.78 Å². The highest BCUT2D eigenvalue weighted by Crippen LogP contribution is 2.35. The van der Waals surface area contributed by atoms with Crippen molar-refractivity contribution in [3.05, 3.63) is 42.2 Å². The summed E-state index contributed by atoms with van der Waals surface area (Å²) in [6.45, 7) is 4.04. The molecule has 144 valence electrons. The largest absolute Gasteiger partial charge is 0.490 e. The van der Waals surface area contributed by atoms with Crippen molar-refractivity contribution in [1.29, 1.82) is 0 Å². The van der Waals surface area contributed by atoms with Crippen LogP contribution in [0.2, 0.25) is 0 Å². The Balaban J connectivity index is 1.36. The Morgan fingerprint density at radius 1 is 1.26 bits per heavy atom. The van der Waals surface area contributed by atoms with Crippen LogP contribution in [0.15, 0.2) is 30.9 Å². The van der Waals surface area contributed by atoms with Crippen molar-refractivity contribution >= 4 is 5.91 Å². The van der Waals surface area contributed by atoms with Gasteiger partial charge in [0.2, 0.25) is 5.91 Å².